The predicted octanol–water partition coefficient (Wildman–Crippen LogP) is 1.49. The van der Waals surface area contributed by atoms with Crippen molar-refractivity contribution in [3.63, 3.8) is 0 Å². The van der Waals surface area contributed by atoms with Gasteiger partial charge in [0.1, 0.15) is 0 Å². The minimum atomic E-state index is -0.502. The molecule has 0 heterocycles. The third-order valence-corrected chi connectivity index (χ3v) is 3.74. The van der Waals surface area contributed by atoms with Crippen LogP contribution in [0.1, 0.15) is 32.6 Å². The zero-order valence-electron chi connectivity index (χ0n) is 11.0. The largest absolute Gasteiger partial charge is 1.00 e. The van der Waals surface area contributed by atoms with E-state index in [0.29, 0.717) is 12.5 Å². The Hall–Kier alpha value is 1.05. The van der Waals surface area contributed by atoms with Crippen LogP contribution in [0.5, 0.6) is 5.75 Å². The van der Waals surface area contributed by atoms with Crippen molar-refractivity contribution in [1.82, 2.24) is 0 Å². The van der Waals surface area contributed by atoms with Gasteiger partial charge < -0.3 is 4.74 Å². The van der Waals surface area contributed by atoms with Crippen LogP contribution in [0.15, 0.2) is 12.1 Å². The first-order valence-corrected chi connectivity index (χ1v) is 6.53. The Balaban J connectivity index is 0.00000162. The van der Waals surface area contributed by atoms with Gasteiger partial charge in [0.25, 0.3) is 0 Å². The number of ether oxygens (including phenoxy) is 1. The molecule has 2 rings (SSSR count). The van der Waals surface area contributed by atoms with Crippen molar-refractivity contribution in [3.8, 4) is 5.75 Å². The maximum atomic E-state index is 13.5. The van der Waals surface area contributed by atoms with Crippen molar-refractivity contribution >= 4 is 11.6 Å². The molecular formula is C14H17ClFORb. The van der Waals surface area contributed by atoms with Crippen molar-refractivity contribution in [2.24, 2.45) is 11.8 Å². The van der Waals surface area contributed by atoms with E-state index in [4.69, 9.17) is 16.3 Å². The molecule has 94 valence electrons. The Morgan fingerprint density at radius 1 is 1.39 bits per heavy atom. The Kier molecular flexibility index (Phi) is 7.94. The van der Waals surface area contributed by atoms with Gasteiger partial charge in [0.15, 0.2) is 0 Å². The van der Waals surface area contributed by atoms with Crippen LogP contribution in [0.25, 0.3) is 0 Å². The molecule has 1 aromatic carbocycles. The summed E-state index contributed by atoms with van der Waals surface area (Å²) in [6.45, 7) is 2.87. The van der Waals surface area contributed by atoms with E-state index < -0.39 is 5.82 Å². The summed E-state index contributed by atoms with van der Waals surface area (Å²) in [6.07, 6.45) is 4.85. The van der Waals surface area contributed by atoms with Gasteiger partial charge in [-0.2, -0.15) is 12.1 Å². The van der Waals surface area contributed by atoms with Crippen LogP contribution in [0.3, 0.4) is 0 Å². The van der Waals surface area contributed by atoms with Gasteiger partial charge >= 0.3 is 58.2 Å². The minimum absolute atomic E-state index is 0. The van der Waals surface area contributed by atoms with Crippen molar-refractivity contribution in [1.29, 1.82) is 0 Å². The maximum absolute atomic E-state index is 13.5. The summed E-state index contributed by atoms with van der Waals surface area (Å²) in [7, 11) is 0. The van der Waals surface area contributed by atoms with Crippen LogP contribution in [0.2, 0.25) is 5.02 Å². The van der Waals surface area contributed by atoms with E-state index in [2.05, 4.69) is 13.0 Å². The molecule has 0 unspecified atom stereocenters. The second-order valence-corrected chi connectivity index (χ2v) is 5.28. The number of rotatable bonds is 3. The van der Waals surface area contributed by atoms with Gasteiger partial charge in [0.05, 0.1) is 12.4 Å². The summed E-state index contributed by atoms with van der Waals surface area (Å²) in [5.74, 6) is 1.11. The molecule has 0 atom stereocenters. The molecule has 0 N–H and O–H groups in total. The van der Waals surface area contributed by atoms with Gasteiger partial charge in [-0.1, -0.05) is 19.8 Å². The standard InChI is InChI=1S/C14H17ClFO.Rb/c1-10-5-7-11(8-6-10)9-17-13-4-2-3-12(15)14(13)16;/h2,4,10-11H,5-9H2,1H3;/q-1;+1. The van der Waals surface area contributed by atoms with Crippen LogP contribution < -0.4 is 62.9 Å². The van der Waals surface area contributed by atoms with Crippen molar-refractivity contribution < 1.29 is 67.3 Å². The van der Waals surface area contributed by atoms with E-state index in [1.54, 1.807) is 12.1 Å². The van der Waals surface area contributed by atoms with Crippen molar-refractivity contribution in [2.75, 3.05) is 6.61 Å². The first-order valence-electron chi connectivity index (χ1n) is 6.15. The van der Waals surface area contributed by atoms with E-state index >= 15 is 0 Å². The molecule has 4 heteroatoms. The summed E-state index contributed by atoms with van der Waals surface area (Å²) in [4.78, 5) is 0. The summed E-state index contributed by atoms with van der Waals surface area (Å²) in [5.41, 5.74) is 0. The van der Waals surface area contributed by atoms with Crippen LogP contribution in [0.4, 0.5) is 4.39 Å². The van der Waals surface area contributed by atoms with Crippen molar-refractivity contribution in [3.05, 3.63) is 29.0 Å². The Bertz CT molecular complexity index is 378. The number of hydrogen-bond donors (Lipinski definition) is 0. The van der Waals surface area contributed by atoms with E-state index in [9.17, 15) is 4.39 Å². The van der Waals surface area contributed by atoms with Gasteiger partial charge in [-0.25, -0.2) is 0 Å². The SMILES string of the molecule is CC1CCC(COc2cc[c-]c(Cl)c2F)CC1.[Rb+]. The molecule has 0 bridgehead atoms. The third-order valence-electron chi connectivity index (χ3n) is 3.46. The molecule has 0 amide bonds. The minimum Gasteiger partial charge on any atom is -0.516 e. The van der Waals surface area contributed by atoms with Gasteiger partial charge in [-0.3, -0.25) is 4.39 Å². The van der Waals surface area contributed by atoms with Gasteiger partial charge in [0.2, 0.25) is 0 Å². The van der Waals surface area contributed by atoms with Crippen LogP contribution in [-0.2, 0) is 0 Å². The summed E-state index contributed by atoms with van der Waals surface area (Å²) in [5, 5.41) is -0.000216. The van der Waals surface area contributed by atoms with Crippen LogP contribution in [0, 0.1) is 23.7 Å². The first-order chi connectivity index (χ1) is 8.16. The number of benzene rings is 1. The smallest absolute Gasteiger partial charge is 0.516 e. The fraction of sp³-hybridized carbons (Fsp3) is 0.571. The third kappa shape index (κ3) is 4.86. The van der Waals surface area contributed by atoms with Gasteiger partial charge in [-0.05, 0) is 29.7 Å². The molecule has 1 saturated carbocycles. The molecule has 0 aliphatic heterocycles. The number of hydrogen-bond acceptors (Lipinski definition) is 1. The summed E-state index contributed by atoms with van der Waals surface area (Å²) in [6, 6.07) is 5.76. The fourth-order valence-corrected chi connectivity index (χ4v) is 2.41. The van der Waals surface area contributed by atoms with E-state index in [1.807, 2.05) is 0 Å². The summed E-state index contributed by atoms with van der Waals surface area (Å²) < 4.78 is 19.0. The molecule has 0 radical (unpaired) electrons. The van der Waals surface area contributed by atoms with E-state index in [1.165, 1.54) is 25.7 Å². The average molecular weight is 341 g/mol. The van der Waals surface area contributed by atoms with Crippen LogP contribution >= 0.6 is 11.6 Å². The predicted molar refractivity (Wildman–Crippen MR) is 66.9 cm³/mol. The number of halogens is 2. The van der Waals surface area contributed by atoms with Gasteiger partial charge in [0, 0.05) is 5.75 Å². The quantitative estimate of drug-likeness (QED) is 0.757. The van der Waals surface area contributed by atoms with Crippen LogP contribution in [-0.4, -0.2) is 6.61 Å². The molecule has 1 nitrogen and oxygen atoms in total. The molecule has 1 aromatic rings. The molecule has 1 aliphatic carbocycles. The van der Waals surface area contributed by atoms with Gasteiger partial charge in [-0.15, -0.1) is 17.7 Å². The Morgan fingerprint density at radius 3 is 2.72 bits per heavy atom. The Morgan fingerprint density at radius 2 is 2.06 bits per heavy atom. The van der Waals surface area contributed by atoms with E-state index in [-0.39, 0.29) is 69.0 Å². The average Bonchev–Trinajstić information content (AvgIpc) is 2.33. The van der Waals surface area contributed by atoms with E-state index in [0.717, 1.165) is 5.92 Å². The molecule has 0 spiro atoms. The molecular weight excluding hydrogens is 324 g/mol. The second kappa shape index (κ2) is 8.36. The zero-order valence-corrected chi connectivity index (χ0v) is 16.7. The topological polar surface area (TPSA) is 9.23 Å². The zero-order chi connectivity index (χ0) is 12.3. The monoisotopic (exact) mass is 340 g/mol. The molecule has 18 heavy (non-hydrogen) atoms. The molecule has 0 aromatic heterocycles. The maximum Gasteiger partial charge on any atom is 1.00 e. The molecule has 1 aliphatic rings. The fourth-order valence-electron chi connectivity index (χ4n) is 2.25. The second-order valence-electron chi connectivity index (χ2n) is 4.91. The Labute approximate surface area is 162 Å². The molecule has 0 saturated heterocycles. The normalized spacial score (nSPS) is 23.3. The molecule has 1 fully saturated rings. The van der Waals surface area contributed by atoms with Crippen molar-refractivity contribution in [2.45, 2.75) is 32.6 Å². The first kappa shape index (κ1) is 17.1. The summed E-state index contributed by atoms with van der Waals surface area (Å²) >= 11 is 5.64.